The number of rotatable bonds is 7. The van der Waals surface area contributed by atoms with E-state index >= 15 is 0 Å². The van der Waals surface area contributed by atoms with E-state index in [-0.39, 0.29) is 4.90 Å². The first kappa shape index (κ1) is 21.5. The number of guanidine groups is 1. The number of hydrogen-bond acceptors (Lipinski definition) is 4. The molecule has 0 unspecified atom stereocenters. The van der Waals surface area contributed by atoms with Crippen molar-refractivity contribution in [3.63, 3.8) is 0 Å². The van der Waals surface area contributed by atoms with Gasteiger partial charge < -0.3 is 15.2 Å². The van der Waals surface area contributed by atoms with E-state index in [2.05, 4.69) is 25.0 Å². The van der Waals surface area contributed by atoms with Gasteiger partial charge in [-0.1, -0.05) is 42.5 Å². The molecule has 8 nitrogen and oxygen atoms in total. The van der Waals surface area contributed by atoms with Crippen molar-refractivity contribution in [2.45, 2.75) is 18.0 Å². The molecule has 3 N–H and O–H groups in total. The van der Waals surface area contributed by atoms with Gasteiger partial charge in [-0.15, -0.1) is 0 Å². The van der Waals surface area contributed by atoms with E-state index in [4.69, 9.17) is 0 Å². The van der Waals surface area contributed by atoms with Crippen LogP contribution in [0.3, 0.4) is 0 Å². The van der Waals surface area contributed by atoms with Gasteiger partial charge in [-0.3, -0.25) is 4.99 Å². The Hall–Kier alpha value is -3.17. The molecule has 0 aliphatic rings. The number of sulfonamides is 1. The van der Waals surface area contributed by atoms with Crippen molar-refractivity contribution in [2.75, 3.05) is 21.1 Å². The highest BCUT2D eigenvalue weighted by Gasteiger charge is 2.12. The summed E-state index contributed by atoms with van der Waals surface area (Å²) in [5.41, 5.74) is 3.01. The molecule has 0 bridgehead atoms. The Morgan fingerprint density at radius 2 is 1.83 bits per heavy atom. The third kappa shape index (κ3) is 5.25. The Morgan fingerprint density at radius 3 is 2.47 bits per heavy atom. The number of benzene rings is 2. The topological polar surface area (TPSA) is 102 Å². The Morgan fingerprint density at radius 1 is 1.13 bits per heavy atom. The molecule has 30 heavy (non-hydrogen) atoms. The van der Waals surface area contributed by atoms with Crippen molar-refractivity contribution in [1.82, 2.24) is 24.9 Å². The van der Waals surface area contributed by atoms with Gasteiger partial charge in [0.1, 0.15) is 5.82 Å². The van der Waals surface area contributed by atoms with E-state index in [1.807, 2.05) is 48.5 Å². The summed E-state index contributed by atoms with van der Waals surface area (Å²) < 4.78 is 25.9. The van der Waals surface area contributed by atoms with Crippen LogP contribution in [0.25, 0.3) is 11.3 Å². The van der Waals surface area contributed by atoms with Crippen molar-refractivity contribution >= 4 is 16.0 Å². The summed E-state index contributed by atoms with van der Waals surface area (Å²) >= 11 is 0. The summed E-state index contributed by atoms with van der Waals surface area (Å²) in [6.45, 7) is 1.08. The van der Waals surface area contributed by atoms with Gasteiger partial charge in [0.05, 0.1) is 23.3 Å². The molecule has 0 spiro atoms. The number of imidazole rings is 1. The molecule has 3 rings (SSSR count). The Balaban J connectivity index is 1.59. The minimum atomic E-state index is -3.43. The third-order valence-electron chi connectivity index (χ3n) is 4.63. The van der Waals surface area contributed by atoms with Gasteiger partial charge in [0.15, 0.2) is 5.96 Å². The van der Waals surface area contributed by atoms with E-state index < -0.39 is 10.0 Å². The van der Waals surface area contributed by atoms with Gasteiger partial charge in [0.25, 0.3) is 0 Å². The van der Waals surface area contributed by atoms with E-state index in [9.17, 15) is 8.42 Å². The average Bonchev–Trinajstić information content (AvgIpc) is 3.23. The van der Waals surface area contributed by atoms with Gasteiger partial charge >= 0.3 is 0 Å². The maximum atomic E-state index is 11.8. The molecule has 0 amide bonds. The minimum absolute atomic E-state index is 0.238. The minimum Gasteiger partial charge on any atom is -0.352 e. The zero-order chi connectivity index (χ0) is 21.6. The van der Waals surface area contributed by atoms with Crippen LogP contribution in [0.4, 0.5) is 0 Å². The van der Waals surface area contributed by atoms with E-state index in [0.29, 0.717) is 19.0 Å². The average molecular weight is 427 g/mol. The fourth-order valence-electron chi connectivity index (χ4n) is 2.98. The van der Waals surface area contributed by atoms with Gasteiger partial charge in [-0.2, -0.15) is 0 Å². The number of aliphatic imine (C=N–C) groups is 1. The van der Waals surface area contributed by atoms with Crippen LogP contribution in [0.5, 0.6) is 0 Å². The van der Waals surface area contributed by atoms with Gasteiger partial charge in [0.2, 0.25) is 10.0 Å². The fraction of sp³-hybridized carbons (Fsp3) is 0.238. The molecule has 0 radical (unpaired) electrons. The molecule has 1 heterocycles. The molecule has 158 valence electrons. The first-order valence-corrected chi connectivity index (χ1v) is 10.9. The Labute approximate surface area is 177 Å². The second-order valence-corrected chi connectivity index (χ2v) is 8.60. The Bertz CT molecular complexity index is 1090. The summed E-state index contributed by atoms with van der Waals surface area (Å²) in [4.78, 5) is 14.3. The zero-order valence-corrected chi connectivity index (χ0v) is 18.1. The van der Waals surface area contributed by atoms with Crippen molar-refractivity contribution in [3.8, 4) is 11.3 Å². The summed E-state index contributed by atoms with van der Waals surface area (Å²) in [5, 5.41) is 3.29. The first-order chi connectivity index (χ1) is 14.4. The van der Waals surface area contributed by atoms with Crippen LogP contribution >= 0.6 is 0 Å². The predicted molar refractivity (Wildman–Crippen MR) is 118 cm³/mol. The quantitative estimate of drug-likeness (QED) is 0.397. The normalized spacial score (nSPS) is 12.0. The van der Waals surface area contributed by atoms with E-state index in [1.165, 1.54) is 7.05 Å². The highest BCUT2D eigenvalue weighted by Crippen LogP contribution is 2.16. The van der Waals surface area contributed by atoms with Crippen LogP contribution in [0.2, 0.25) is 0 Å². The lowest BCUT2D eigenvalue weighted by Gasteiger charge is -2.21. The van der Waals surface area contributed by atoms with Crippen molar-refractivity contribution in [3.05, 3.63) is 72.2 Å². The second kappa shape index (κ2) is 9.55. The molecule has 0 saturated carbocycles. The van der Waals surface area contributed by atoms with E-state index in [0.717, 1.165) is 22.6 Å². The van der Waals surface area contributed by atoms with Crippen molar-refractivity contribution in [2.24, 2.45) is 4.99 Å². The molecule has 2 aromatic carbocycles. The highest BCUT2D eigenvalue weighted by molar-refractivity contribution is 7.89. The van der Waals surface area contributed by atoms with Crippen molar-refractivity contribution < 1.29 is 8.42 Å². The molecule has 0 aliphatic carbocycles. The molecule has 0 saturated heterocycles. The van der Waals surface area contributed by atoms with Crippen molar-refractivity contribution in [1.29, 1.82) is 0 Å². The number of nitrogens with one attached hydrogen (secondary N) is 3. The molecule has 0 aliphatic heterocycles. The summed E-state index contributed by atoms with van der Waals surface area (Å²) in [6, 6.07) is 16.8. The molecule has 1 aromatic heterocycles. The number of hydrogen-bond donors (Lipinski definition) is 3. The van der Waals surface area contributed by atoms with Gasteiger partial charge in [-0.05, 0) is 30.3 Å². The van der Waals surface area contributed by atoms with Crippen LogP contribution < -0.4 is 10.0 Å². The number of aromatic amines is 1. The van der Waals surface area contributed by atoms with Crippen LogP contribution in [-0.4, -0.2) is 50.4 Å². The molecular weight excluding hydrogens is 400 g/mol. The summed E-state index contributed by atoms with van der Waals surface area (Å²) in [6.07, 6.45) is 1.83. The largest absolute Gasteiger partial charge is 0.352 e. The Kier molecular flexibility index (Phi) is 6.86. The summed E-state index contributed by atoms with van der Waals surface area (Å²) in [7, 11) is 1.62. The summed E-state index contributed by atoms with van der Waals surface area (Å²) in [5.74, 6) is 1.54. The van der Waals surface area contributed by atoms with Crippen LogP contribution in [-0.2, 0) is 23.1 Å². The van der Waals surface area contributed by atoms with Crippen LogP contribution in [0.15, 0.2) is 70.7 Å². The number of nitrogens with zero attached hydrogens (tertiary/aromatic N) is 3. The number of aromatic nitrogens is 2. The van der Waals surface area contributed by atoms with Gasteiger partial charge in [0, 0.05) is 20.6 Å². The van der Waals surface area contributed by atoms with Gasteiger partial charge in [-0.25, -0.2) is 18.1 Å². The molecule has 0 atom stereocenters. The lowest BCUT2D eigenvalue weighted by Crippen LogP contribution is -2.38. The monoisotopic (exact) mass is 426 g/mol. The molecule has 3 aromatic rings. The third-order valence-corrected chi connectivity index (χ3v) is 6.06. The zero-order valence-electron chi connectivity index (χ0n) is 17.3. The SMILES string of the molecule is CN=C(NCc1ccc(S(=O)(=O)NC)cc1)N(C)Cc1ncc(-c2ccccc2)[nH]1. The maximum absolute atomic E-state index is 11.8. The molecule has 0 fully saturated rings. The predicted octanol–water partition coefficient (Wildman–Crippen LogP) is 2.19. The fourth-order valence-corrected chi connectivity index (χ4v) is 3.71. The lowest BCUT2D eigenvalue weighted by atomic mass is 10.2. The second-order valence-electron chi connectivity index (χ2n) is 6.72. The lowest BCUT2D eigenvalue weighted by molar-refractivity contribution is 0.464. The van der Waals surface area contributed by atoms with Crippen LogP contribution in [0.1, 0.15) is 11.4 Å². The van der Waals surface area contributed by atoms with Crippen LogP contribution in [0, 0.1) is 0 Å². The maximum Gasteiger partial charge on any atom is 0.240 e. The standard InChI is InChI=1S/C21H26N6O2S/c1-22-21(25-13-16-9-11-18(12-10-16)30(28,29)23-2)27(3)15-20-24-14-19(26-20)17-7-5-4-6-8-17/h4-12,14,23H,13,15H2,1-3H3,(H,22,25)(H,24,26). The number of H-pyrrole nitrogens is 1. The highest BCUT2D eigenvalue weighted by atomic mass is 32.2. The smallest absolute Gasteiger partial charge is 0.240 e. The molecular formula is C21H26N6O2S. The van der Waals surface area contributed by atoms with E-state index in [1.54, 1.807) is 31.3 Å². The molecule has 9 heteroatoms. The first-order valence-electron chi connectivity index (χ1n) is 9.46.